The molecular formula is C53H40N2. The van der Waals surface area contributed by atoms with E-state index in [1.165, 1.54) is 77.5 Å². The Labute approximate surface area is 322 Å². The number of aromatic nitrogens is 2. The zero-order chi connectivity index (χ0) is 37.1. The average molecular weight is 705 g/mol. The van der Waals surface area contributed by atoms with Gasteiger partial charge in [-0.15, -0.1) is 0 Å². The second-order valence-electron chi connectivity index (χ2n) is 16.5. The number of nitrogens with zero attached hydrogens (tertiary/aromatic N) is 2. The quantitative estimate of drug-likeness (QED) is 0.178. The summed E-state index contributed by atoms with van der Waals surface area (Å²) in [5.41, 5.74) is 20.1. The Balaban J connectivity index is 0.982. The van der Waals surface area contributed by atoms with E-state index in [1.807, 2.05) is 0 Å². The van der Waals surface area contributed by atoms with Gasteiger partial charge < -0.3 is 0 Å². The lowest BCUT2D eigenvalue weighted by Gasteiger charge is -2.24. The fourth-order valence-electron chi connectivity index (χ4n) is 9.58. The van der Waals surface area contributed by atoms with Crippen molar-refractivity contribution >= 4 is 21.8 Å². The van der Waals surface area contributed by atoms with Gasteiger partial charge in [-0.25, -0.2) is 4.98 Å². The van der Waals surface area contributed by atoms with E-state index in [4.69, 9.17) is 4.98 Å². The van der Waals surface area contributed by atoms with Crippen molar-refractivity contribution < 1.29 is 0 Å². The van der Waals surface area contributed by atoms with Gasteiger partial charge in [0.05, 0.1) is 11.0 Å². The fraction of sp³-hybridized carbons (Fsp3) is 0.113. The number of hydrogen-bond acceptors (Lipinski definition) is 1. The van der Waals surface area contributed by atoms with E-state index in [-0.39, 0.29) is 10.8 Å². The summed E-state index contributed by atoms with van der Waals surface area (Å²) in [5.74, 6) is 0.951. The smallest absolute Gasteiger partial charge is 0.145 e. The zero-order valence-electron chi connectivity index (χ0n) is 31.6. The molecule has 0 atom stereocenters. The third-order valence-corrected chi connectivity index (χ3v) is 12.6. The number of imidazole rings is 1. The summed E-state index contributed by atoms with van der Waals surface area (Å²) in [5, 5.41) is 2.55. The van der Waals surface area contributed by atoms with Crippen molar-refractivity contribution in [3.8, 4) is 61.6 Å². The number of benzene rings is 8. The molecule has 9 aromatic rings. The fourth-order valence-corrected chi connectivity index (χ4v) is 9.58. The Morgan fingerprint density at radius 2 is 0.909 bits per heavy atom. The molecule has 0 unspecified atom stereocenters. The molecule has 55 heavy (non-hydrogen) atoms. The van der Waals surface area contributed by atoms with Gasteiger partial charge in [-0.3, -0.25) is 4.57 Å². The molecule has 0 bridgehead atoms. The number of hydrogen-bond donors (Lipinski definition) is 0. The molecular weight excluding hydrogens is 665 g/mol. The van der Waals surface area contributed by atoms with Gasteiger partial charge >= 0.3 is 0 Å². The lowest BCUT2D eigenvalue weighted by Crippen LogP contribution is -2.17. The summed E-state index contributed by atoms with van der Waals surface area (Å²) in [6.45, 7) is 9.60. The largest absolute Gasteiger partial charge is 0.292 e. The summed E-state index contributed by atoms with van der Waals surface area (Å²) in [6.07, 6.45) is 0. The Morgan fingerprint density at radius 1 is 0.382 bits per heavy atom. The van der Waals surface area contributed by atoms with Gasteiger partial charge in [0.25, 0.3) is 0 Å². The lowest BCUT2D eigenvalue weighted by atomic mass is 9.79. The van der Waals surface area contributed by atoms with Gasteiger partial charge in [0, 0.05) is 22.1 Å². The Bertz CT molecular complexity index is 3030. The van der Waals surface area contributed by atoms with Crippen molar-refractivity contribution in [2.45, 2.75) is 38.5 Å². The van der Waals surface area contributed by atoms with E-state index in [9.17, 15) is 0 Å². The molecule has 0 saturated heterocycles. The Kier molecular flexibility index (Phi) is 6.68. The van der Waals surface area contributed by atoms with Crippen molar-refractivity contribution in [2.24, 2.45) is 0 Å². The van der Waals surface area contributed by atoms with Crippen LogP contribution >= 0.6 is 0 Å². The van der Waals surface area contributed by atoms with Gasteiger partial charge in [0.15, 0.2) is 0 Å². The molecule has 0 fully saturated rings. The van der Waals surface area contributed by atoms with Crippen LogP contribution in [0.15, 0.2) is 170 Å². The summed E-state index contributed by atoms with van der Waals surface area (Å²) >= 11 is 0. The zero-order valence-corrected chi connectivity index (χ0v) is 31.6. The van der Waals surface area contributed by atoms with Crippen LogP contribution in [0.2, 0.25) is 0 Å². The van der Waals surface area contributed by atoms with Crippen LogP contribution in [0.5, 0.6) is 0 Å². The monoisotopic (exact) mass is 704 g/mol. The highest BCUT2D eigenvalue weighted by Crippen LogP contribution is 2.57. The molecule has 0 spiro atoms. The third kappa shape index (κ3) is 4.71. The van der Waals surface area contributed by atoms with E-state index in [2.05, 4.69) is 202 Å². The minimum Gasteiger partial charge on any atom is -0.292 e. The molecule has 2 nitrogen and oxygen atoms in total. The summed E-state index contributed by atoms with van der Waals surface area (Å²) in [6, 6.07) is 62.6. The van der Waals surface area contributed by atoms with Gasteiger partial charge in [-0.1, -0.05) is 143 Å². The van der Waals surface area contributed by atoms with Gasteiger partial charge in [-0.2, -0.15) is 0 Å². The van der Waals surface area contributed by atoms with Crippen LogP contribution in [0.25, 0.3) is 83.4 Å². The third-order valence-electron chi connectivity index (χ3n) is 12.6. The van der Waals surface area contributed by atoms with Crippen molar-refractivity contribution in [1.29, 1.82) is 0 Å². The van der Waals surface area contributed by atoms with Crippen LogP contribution in [0.3, 0.4) is 0 Å². The highest BCUT2D eigenvalue weighted by atomic mass is 15.1. The highest BCUT2D eigenvalue weighted by Gasteiger charge is 2.42. The van der Waals surface area contributed by atoms with Crippen LogP contribution in [0.1, 0.15) is 49.9 Å². The molecule has 0 radical (unpaired) electrons. The first-order chi connectivity index (χ1) is 26.8. The maximum atomic E-state index is 5.09. The second kappa shape index (κ2) is 11.5. The maximum absolute atomic E-state index is 5.09. The Morgan fingerprint density at radius 3 is 1.60 bits per heavy atom. The summed E-state index contributed by atoms with van der Waals surface area (Å²) < 4.78 is 2.30. The molecule has 2 heteroatoms. The van der Waals surface area contributed by atoms with E-state index in [1.54, 1.807) is 0 Å². The number of fused-ring (bicyclic) bond motifs is 8. The van der Waals surface area contributed by atoms with Gasteiger partial charge in [0.2, 0.25) is 0 Å². The molecule has 11 rings (SSSR count). The molecule has 0 saturated carbocycles. The normalized spacial score (nSPS) is 14.5. The molecule has 1 heterocycles. The molecule has 1 aromatic heterocycles. The van der Waals surface area contributed by atoms with Crippen LogP contribution in [-0.4, -0.2) is 9.55 Å². The second-order valence-corrected chi connectivity index (χ2v) is 16.5. The van der Waals surface area contributed by atoms with Crippen LogP contribution < -0.4 is 0 Å². The van der Waals surface area contributed by atoms with Gasteiger partial charge in [0.1, 0.15) is 5.82 Å². The van der Waals surface area contributed by atoms with Gasteiger partial charge in [-0.05, 0) is 132 Å². The van der Waals surface area contributed by atoms with E-state index in [0.717, 1.165) is 28.1 Å². The van der Waals surface area contributed by atoms with Crippen molar-refractivity contribution in [2.75, 3.05) is 0 Å². The standard InChI is InChI=1S/C53H40N2/c1-52(2)45-29-38(36-17-12-18-40(28-36)55-50-20-11-10-19-49(50)54-51(55)34-14-6-5-7-15-34)23-25-41(45)43-31-48-44(32-47(43)52)42-26-24-39(30-46(42)53(48,3)4)37-22-21-33-13-8-9-16-35(33)27-37/h5-32H,1-4H3. The molecule has 2 aliphatic rings. The number of para-hydroxylation sites is 2. The lowest BCUT2D eigenvalue weighted by molar-refractivity contribution is 0.652. The SMILES string of the molecule is CC1(C)c2cc(-c3cccc(-n4c(-c5ccccc5)nc5ccccc54)c3)ccc2-c2cc3c(cc21)-c1ccc(-c2ccc4ccccc4c2)cc1C3(C)C. The molecule has 0 amide bonds. The molecule has 262 valence electrons. The van der Waals surface area contributed by atoms with Crippen molar-refractivity contribution in [3.63, 3.8) is 0 Å². The van der Waals surface area contributed by atoms with Crippen LogP contribution in [-0.2, 0) is 10.8 Å². The first-order valence-corrected chi connectivity index (χ1v) is 19.4. The highest BCUT2D eigenvalue weighted by molar-refractivity contribution is 5.93. The van der Waals surface area contributed by atoms with E-state index in [0.29, 0.717) is 0 Å². The number of rotatable bonds is 4. The van der Waals surface area contributed by atoms with Crippen LogP contribution in [0.4, 0.5) is 0 Å². The predicted octanol–water partition coefficient (Wildman–Crippen LogP) is 13.8. The summed E-state index contributed by atoms with van der Waals surface area (Å²) in [7, 11) is 0. The minimum absolute atomic E-state index is 0.115. The molecule has 0 aliphatic heterocycles. The summed E-state index contributed by atoms with van der Waals surface area (Å²) in [4.78, 5) is 5.09. The Hall–Kier alpha value is -6.51. The first-order valence-electron chi connectivity index (χ1n) is 19.4. The topological polar surface area (TPSA) is 17.8 Å². The minimum atomic E-state index is -0.147. The first kappa shape index (κ1) is 32.0. The van der Waals surface area contributed by atoms with E-state index < -0.39 is 0 Å². The van der Waals surface area contributed by atoms with Crippen molar-refractivity contribution in [1.82, 2.24) is 9.55 Å². The molecule has 0 N–H and O–H groups in total. The molecule has 2 aliphatic carbocycles. The van der Waals surface area contributed by atoms with Crippen LogP contribution in [0, 0.1) is 0 Å². The van der Waals surface area contributed by atoms with Crippen molar-refractivity contribution in [3.05, 3.63) is 192 Å². The maximum Gasteiger partial charge on any atom is 0.145 e. The average Bonchev–Trinajstić information content (AvgIpc) is 3.80. The predicted molar refractivity (Wildman–Crippen MR) is 230 cm³/mol. The molecule has 8 aromatic carbocycles. The van der Waals surface area contributed by atoms with E-state index >= 15 is 0 Å².